The number of nitrogens with zero attached hydrogens (tertiary/aromatic N) is 3. The van der Waals surface area contributed by atoms with E-state index >= 15 is 0 Å². The summed E-state index contributed by atoms with van der Waals surface area (Å²) in [6, 6.07) is 4.61. The van der Waals surface area contributed by atoms with E-state index in [2.05, 4.69) is 5.32 Å². The minimum Gasteiger partial charge on any atom is -0.388 e. The van der Waals surface area contributed by atoms with Gasteiger partial charge in [0.25, 0.3) is 0 Å². The monoisotopic (exact) mass is 250 g/mol. The van der Waals surface area contributed by atoms with E-state index < -0.39 is 30.1 Å². The molecule has 4 N–H and O–H groups in total. The van der Waals surface area contributed by atoms with E-state index in [1.54, 1.807) is 6.07 Å². The summed E-state index contributed by atoms with van der Waals surface area (Å²) in [4.78, 5) is 0. The van der Waals surface area contributed by atoms with Gasteiger partial charge in [-0.25, -0.2) is 0 Å². The molecule has 0 saturated carbocycles. The lowest BCUT2D eigenvalue weighted by Crippen LogP contribution is -2.57. The number of nitriles is 3. The zero-order chi connectivity index (χ0) is 13.7. The van der Waals surface area contributed by atoms with Crippen LogP contribution in [0.1, 0.15) is 0 Å². The molecule has 0 aromatic rings. The van der Waals surface area contributed by atoms with Crippen molar-refractivity contribution in [2.24, 2.45) is 0 Å². The van der Waals surface area contributed by atoms with Crippen molar-refractivity contribution in [2.45, 2.75) is 24.5 Å². The fraction of sp³-hybridized carbons (Fsp3) is 0.500. The Balaban J connectivity index is 2.86. The minimum atomic E-state index is -1.49. The molecule has 94 valence electrons. The Morgan fingerprint density at radius 3 is 2.17 bits per heavy atom. The van der Waals surface area contributed by atoms with Crippen molar-refractivity contribution < 1.29 is 20.1 Å². The van der Waals surface area contributed by atoms with Gasteiger partial charge in [-0.1, -0.05) is 0 Å². The zero-order valence-electron chi connectivity index (χ0n) is 9.11. The van der Waals surface area contributed by atoms with Crippen molar-refractivity contribution >= 4 is 0 Å². The van der Waals surface area contributed by atoms with E-state index in [-0.39, 0.29) is 12.3 Å². The summed E-state index contributed by atoms with van der Waals surface area (Å²) in [5.74, 6) is 0. The van der Waals surface area contributed by atoms with Crippen molar-refractivity contribution in [3.63, 3.8) is 0 Å². The van der Waals surface area contributed by atoms with Crippen molar-refractivity contribution in [1.82, 2.24) is 5.32 Å². The predicted octanol–water partition coefficient (Wildman–Crippen LogP) is -2.16. The SMILES string of the molecule is N#CC(C#N)=C(C#N)NC1OC[C@@H](O)[C@@H](O)[C@H]1O. The van der Waals surface area contributed by atoms with Crippen molar-refractivity contribution in [3.05, 3.63) is 11.3 Å². The highest BCUT2D eigenvalue weighted by atomic mass is 16.5. The second kappa shape index (κ2) is 5.97. The lowest BCUT2D eigenvalue weighted by atomic mass is 10.0. The van der Waals surface area contributed by atoms with Gasteiger partial charge in [0.2, 0.25) is 0 Å². The Hall–Kier alpha value is -2.15. The molecule has 0 aromatic heterocycles. The Morgan fingerprint density at radius 2 is 1.67 bits per heavy atom. The molecule has 0 radical (unpaired) electrons. The lowest BCUT2D eigenvalue weighted by molar-refractivity contribution is -0.192. The van der Waals surface area contributed by atoms with Gasteiger partial charge in [0.15, 0.2) is 11.8 Å². The Bertz CT molecular complexity index is 454. The van der Waals surface area contributed by atoms with Crippen LogP contribution in [0.5, 0.6) is 0 Å². The quantitative estimate of drug-likeness (QED) is 0.404. The second-order valence-electron chi connectivity index (χ2n) is 3.53. The first-order valence-electron chi connectivity index (χ1n) is 4.92. The number of allylic oxidation sites excluding steroid dienone is 2. The third-order valence-corrected chi connectivity index (χ3v) is 2.37. The maximum Gasteiger partial charge on any atom is 0.163 e. The molecule has 4 atom stereocenters. The van der Waals surface area contributed by atoms with Gasteiger partial charge in [0, 0.05) is 0 Å². The van der Waals surface area contributed by atoms with Gasteiger partial charge in [-0.05, 0) is 0 Å². The van der Waals surface area contributed by atoms with E-state index in [0.717, 1.165) is 0 Å². The Labute approximate surface area is 103 Å². The minimum absolute atomic E-state index is 0.247. The number of nitrogens with one attached hydrogen (secondary N) is 1. The molecule has 8 nitrogen and oxygen atoms in total. The number of hydrogen-bond donors (Lipinski definition) is 4. The van der Waals surface area contributed by atoms with E-state index in [9.17, 15) is 15.3 Å². The molecule has 0 amide bonds. The second-order valence-corrected chi connectivity index (χ2v) is 3.53. The smallest absolute Gasteiger partial charge is 0.163 e. The predicted molar refractivity (Wildman–Crippen MR) is 54.8 cm³/mol. The topological polar surface area (TPSA) is 153 Å². The Morgan fingerprint density at radius 1 is 1.06 bits per heavy atom. The van der Waals surface area contributed by atoms with Crippen LogP contribution in [0.15, 0.2) is 11.3 Å². The van der Waals surface area contributed by atoms with Crippen molar-refractivity contribution in [2.75, 3.05) is 6.61 Å². The summed E-state index contributed by atoms with van der Waals surface area (Å²) in [7, 11) is 0. The third-order valence-electron chi connectivity index (χ3n) is 2.37. The summed E-state index contributed by atoms with van der Waals surface area (Å²) in [5.41, 5.74) is -0.832. The van der Waals surface area contributed by atoms with Crippen molar-refractivity contribution in [3.8, 4) is 18.2 Å². The van der Waals surface area contributed by atoms with Crippen LogP contribution in [0.4, 0.5) is 0 Å². The molecule has 1 saturated heterocycles. The molecule has 0 aliphatic carbocycles. The standard InChI is InChI=1S/C10H10N4O4/c11-1-5(2-12)6(3-13)14-10-9(17)8(16)7(15)4-18-10/h7-10,14-17H,4H2/t7-,8-,9-,10?/m1/s1. The number of aliphatic hydroxyl groups is 3. The molecule has 1 rings (SSSR count). The maximum atomic E-state index is 9.58. The highest BCUT2D eigenvalue weighted by Gasteiger charge is 2.38. The van der Waals surface area contributed by atoms with E-state index in [4.69, 9.17) is 20.5 Å². The number of aliphatic hydroxyl groups excluding tert-OH is 3. The molecule has 0 aromatic carbocycles. The zero-order valence-corrected chi connectivity index (χ0v) is 9.11. The molecule has 0 spiro atoms. The van der Waals surface area contributed by atoms with Crippen LogP contribution >= 0.6 is 0 Å². The number of hydrogen-bond acceptors (Lipinski definition) is 8. The summed E-state index contributed by atoms with van der Waals surface area (Å²) in [5, 5.41) is 56.5. The van der Waals surface area contributed by atoms with Crippen LogP contribution in [-0.2, 0) is 4.74 Å². The molecule has 1 heterocycles. The molecule has 8 heteroatoms. The number of rotatable bonds is 2. The molecule has 1 unspecified atom stereocenters. The molecular weight excluding hydrogens is 240 g/mol. The van der Waals surface area contributed by atoms with Gasteiger partial charge in [0.05, 0.1) is 6.61 Å². The number of ether oxygens (including phenoxy) is 1. The van der Waals surface area contributed by atoms with E-state index in [1.807, 2.05) is 0 Å². The molecule has 1 aliphatic heterocycles. The molecule has 0 bridgehead atoms. The van der Waals surface area contributed by atoms with Gasteiger partial charge in [0.1, 0.15) is 42.2 Å². The van der Waals surface area contributed by atoms with Crippen LogP contribution < -0.4 is 5.32 Å². The average Bonchev–Trinajstić information content (AvgIpc) is 2.38. The van der Waals surface area contributed by atoms with Crippen LogP contribution in [0, 0.1) is 34.0 Å². The first-order valence-corrected chi connectivity index (χ1v) is 4.92. The van der Waals surface area contributed by atoms with Gasteiger partial charge >= 0.3 is 0 Å². The van der Waals surface area contributed by atoms with Crippen LogP contribution in [0.2, 0.25) is 0 Å². The highest BCUT2D eigenvalue weighted by Crippen LogP contribution is 2.15. The summed E-state index contributed by atoms with van der Waals surface area (Å²) in [6.45, 7) is -0.247. The summed E-state index contributed by atoms with van der Waals surface area (Å²) < 4.78 is 4.97. The third kappa shape index (κ3) is 2.75. The van der Waals surface area contributed by atoms with Crippen LogP contribution in [0.3, 0.4) is 0 Å². The molecular formula is C10H10N4O4. The lowest BCUT2D eigenvalue weighted by Gasteiger charge is -2.35. The fourth-order valence-corrected chi connectivity index (χ4v) is 1.37. The van der Waals surface area contributed by atoms with Gasteiger partial charge < -0.3 is 25.4 Å². The Kier molecular flexibility index (Phi) is 4.61. The van der Waals surface area contributed by atoms with Crippen molar-refractivity contribution in [1.29, 1.82) is 15.8 Å². The largest absolute Gasteiger partial charge is 0.388 e. The normalized spacial score (nSPS) is 30.4. The van der Waals surface area contributed by atoms with Crippen LogP contribution in [-0.4, -0.2) is 46.5 Å². The molecule has 18 heavy (non-hydrogen) atoms. The van der Waals surface area contributed by atoms with E-state index in [0.29, 0.717) is 0 Å². The van der Waals surface area contributed by atoms with Gasteiger partial charge in [-0.15, -0.1) is 0 Å². The van der Waals surface area contributed by atoms with Gasteiger partial charge in [-0.3, -0.25) is 0 Å². The summed E-state index contributed by atoms with van der Waals surface area (Å²) in [6.07, 6.45) is -5.35. The first kappa shape index (κ1) is 13.9. The van der Waals surface area contributed by atoms with Gasteiger partial charge in [-0.2, -0.15) is 15.8 Å². The van der Waals surface area contributed by atoms with E-state index in [1.165, 1.54) is 12.1 Å². The average molecular weight is 250 g/mol. The highest BCUT2D eigenvalue weighted by molar-refractivity contribution is 5.45. The maximum absolute atomic E-state index is 9.58. The van der Waals surface area contributed by atoms with Crippen LogP contribution in [0.25, 0.3) is 0 Å². The fourth-order valence-electron chi connectivity index (χ4n) is 1.37. The molecule has 1 fully saturated rings. The first-order chi connectivity index (χ1) is 8.54. The molecule has 1 aliphatic rings. The summed E-state index contributed by atoms with van der Waals surface area (Å²) >= 11 is 0.